The topological polar surface area (TPSA) is 69.2 Å². The molecule has 5 nitrogen and oxygen atoms in total. The second kappa shape index (κ2) is 5.44. The van der Waals surface area contributed by atoms with Crippen molar-refractivity contribution in [2.75, 3.05) is 6.54 Å². The van der Waals surface area contributed by atoms with Gasteiger partial charge in [0.1, 0.15) is 0 Å². The minimum atomic E-state index is -0.353. The van der Waals surface area contributed by atoms with Gasteiger partial charge in [0.2, 0.25) is 5.91 Å². The van der Waals surface area contributed by atoms with E-state index in [9.17, 15) is 9.90 Å². The van der Waals surface area contributed by atoms with E-state index in [0.29, 0.717) is 13.0 Å². The van der Waals surface area contributed by atoms with Crippen molar-refractivity contribution >= 4 is 5.91 Å². The average Bonchev–Trinajstić information content (AvgIpc) is 2.95. The van der Waals surface area contributed by atoms with Crippen LogP contribution in [0.2, 0.25) is 0 Å². The van der Waals surface area contributed by atoms with E-state index in [1.54, 1.807) is 0 Å². The monoisotopic (exact) mass is 291 g/mol. The summed E-state index contributed by atoms with van der Waals surface area (Å²) in [5.74, 6) is 0.140. The molecule has 2 fully saturated rings. The molecule has 0 aromatic carbocycles. The van der Waals surface area contributed by atoms with Crippen LogP contribution in [-0.4, -0.2) is 44.3 Å². The number of likely N-dealkylation sites (tertiary alicyclic amines) is 1. The zero-order valence-corrected chi connectivity index (χ0v) is 13.0. The molecule has 2 aliphatic rings. The molecule has 2 N–H and O–H groups in total. The van der Waals surface area contributed by atoms with Gasteiger partial charge in [0.25, 0.3) is 0 Å². The van der Waals surface area contributed by atoms with Gasteiger partial charge in [-0.15, -0.1) is 0 Å². The molecular weight excluding hydrogens is 266 g/mol. The van der Waals surface area contributed by atoms with Gasteiger partial charge in [-0.25, -0.2) is 0 Å². The van der Waals surface area contributed by atoms with Crippen molar-refractivity contribution in [3.05, 3.63) is 17.0 Å². The molecular formula is C16H25N3O2. The largest absolute Gasteiger partial charge is 0.391 e. The van der Waals surface area contributed by atoms with Crippen LogP contribution in [0.3, 0.4) is 0 Å². The van der Waals surface area contributed by atoms with Crippen molar-refractivity contribution in [1.29, 1.82) is 0 Å². The van der Waals surface area contributed by atoms with Gasteiger partial charge >= 0.3 is 0 Å². The summed E-state index contributed by atoms with van der Waals surface area (Å²) in [6.45, 7) is 4.58. The van der Waals surface area contributed by atoms with Crippen LogP contribution in [0, 0.1) is 13.8 Å². The summed E-state index contributed by atoms with van der Waals surface area (Å²) >= 11 is 0. The fourth-order valence-corrected chi connectivity index (χ4v) is 4.14. The molecule has 1 unspecified atom stereocenters. The van der Waals surface area contributed by atoms with Gasteiger partial charge in [-0.2, -0.15) is 5.10 Å². The Labute approximate surface area is 125 Å². The van der Waals surface area contributed by atoms with Crippen molar-refractivity contribution in [2.45, 2.75) is 70.4 Å². The van der Waals surface area contributed by atoms with E-state index in [0.717, 1.165) is 49.1 Å². The van der Waals surface area contributed by atoms with Gasteiger partial charge in [-0.3, -0.25) is 9.89 Å². The minimum Gasteiger partial charge on any atom is -0.391 e. The van der Waals surface area contributed by atoms with Crippen molar-refractivity contribution in [3.63, 3.8) is 0 Å². The van der Waals surface area contributed by atoms with Crippen molar-refractivity contribution < 1.29 is 9.90 Å². The second-order valence-electron chi connectivity index (χ2n) is 6.60. The summed E-state index contributed by atoms with van der Waals surface area (Å²) in [6, 6.07) is 0. The number of aromatic nitrogens is 2. The number of amides is 1. The third-order valence-corrected chi connectivity index (χ3v) is 5.41. The van der Waals surface area contributed by atoms with E-state index in [2.05, 4.69) is 10.2 Å². The summed E-state index contributed by atoms with van der Waals surface area (Å²) < 4.78 is 0. The van der Waals surface area contributed by atoms with E-state index >= 15 is 0 Å². The first kappa shape index (κ1) is 14.6. The summed E-state index contributed by atoms with van der Waals surface area (Å²) in [7, 11) is 0. The molecule has 1 aromatic heterocycles. The Morgan fingerprint density at radius 3 is 2.71 bits per heavy atom. The molecule has 1 spiro atoms. The summed E-state index contributed by atoms with van der Waals surface area (Å²) in [5, 5.41) is 17.6. The highest BCUT2D eigenvalue weighted by Crippen LogP contribution is 2.42. The van der Waals surface area contributed by atoms with Crippen LogP contribution in [0.1, 0.15) is 55.5 Å². The van der Waals surface area contributed by atoms with Gasteiger partial charge in [0.15, 0.2) is 0 Å². The molecule has 116 valence electrons. The van der Waals surface area contributed by atoms with Crippen molar-refractivity contribution in [2.24, 2.45) is 0 Å². The number of aromatic amines is 1. The molecule has 1 aliphatic carbocycles. The highest BCUT2D eigenvalue weighted by Gasteiger charge is 2.50. The fourth-order valence-electron chi connectivity index (χ4n) is 4.14. The van der Waals surface area contributed by atoms with E-state index in [1.807, 2.05) is 18.7 Å². The zero-order valence-electron chi connectivity index (χ0n) is 13.0. The van der Waals surface area contributed by atoms with E-state index < -0.39 is 0 Å². The smallest absolute Gasteiger partial charge is 0.227 e. The number of carbonyl (C=O) groups is 1. The number of nitrogens with zero attached hydrogens (tertiary/aromatic N) is 2. The number of H-pyrrole nitrogens is 1. The summed E-state index contributed by atoms with van der Waals surface area (Å²) in [6.07, 6.45) is 6.10. The van der Waals surface area contributed by atoms with Gasteiger partial charge in [0.05, 0.1) is 23.8 Å². The number of carbonyl (C=O) groups excluding carboxylic acids is 1. The third kappa shape index (κ3) is 2.37. The Balaban J connectivity index is 1.80. The molecule has 2 heterocycles. The lowest BCUT2D eigenvalue weighted by atomic mass is 9.78. The Hall–Kier alpha value is -1.36. The number of aliphatic hydroxyl groups is 1. The van der Waals surface area contributed by atoms with E-state index in [1.165, 1.54) is 6.42 Å². The Kier molecular flexibility index (Phi) is 3.78. The maximum Gasteiger partial charge on any atom is 0.227 e. The molecule has 1 saturated heterocycles. The number of aliphatic hydroxyl groups excluding tert-OH is 1. The molecule has 21 heavy (non-hydrogen) atoms. The second-order valence-corrected chi connectivity index (χ2v) is 6.60. The van der Waals surface area contributed by atoms with Crippen LogP contribution in [0.5, 0.6) is 0 Å². The average molecular weight is 291 g/mol. The highest BCUT2D eigenvalue weighted by atomic mass is 16.3. The SMILES string of the molecule is Cc1n[nH]c(C)c1CC(=O)N1CCC(O)C12CCCCC2. The Bertz CT molecular complexity index is 512. The van der Waals surface area contributed by atoms with Crippen LogP contribution in [0.25, 0.3) is 0 Å². The summed E-state index contributed by atoms with van der Waals surface area (Å²) in [5.41, 5.74) is 2.59. The maximum absolute atomic E-state index is 12.8. The molecule has 3 rings (SSSR count). The third-order valence-electron chi connectivity index (χ3n) is 5.41. The number of hydrogen-bond donors (Lipinski definition) is 2. The normalized spacial score (nSPS) is 24.7. The first-order chi connectivity index (χ1) is 10.0. The van der Waals surface area contributed by atoms with Crippen molar-refractivity contribution in [1.82, 2.24) is 15.1 Å². The van der Waals surface area contributed by atoms with Crippen LogP contribution in [-0.2, 0) is 11.2 Å². The molecule has 1 aromatic rings. The molecule has 0 bridgehead atoms. The van der Waals surface area contributed by atoms with Crippen LogP contribution in [0.15, 0.2) is 0 Å². The number of nitrogens with one attached hydrogen (secondary N) is 1. The number of hydrogen-bond acceptors (Lipinski definition) is 3. The molecule has 5 heteroatoms. The number of rotatable bonds is 2. The van der Waals surface area contributed by atoms with Crippen molar-refractivity contribution in [3.8, 4) is 0 Å². The summed E-state index contributed by atoms with van der Waals surface area (Å²) in [4.78, 5) is 14.8. The molecule has 1 amide bonds. The first-order valence-corrected chi connectivity index (χ1v) is 8.03. The van der Waals surface area contributed by atoms with E-state index in [4.69, 9.17) is 0 Å². The molecule has 0 radical (unpaired) electrons. The zero-order chi connectivity index (χ0) is 15.0. The Morgan fingerprint density at radius 2 is 2.10 bits per heavy atom. The standard InChI is InChI=1S/C16H25N3O2/c1-11-13(12(2)18-17-11)10-15(21)19-9-6-14(20)16(19)7-4-3-5-8-16/h14,20H,3-10H2,1-2H3,(H,17,18). The van der Waals surface area contributed by atoms with Crippen LogP contribution < -0.4 is 0 Å². The fraction of sp³-hybridized carbons (Fsp3) is 0.750. The quantitative estimate of drug-likeness (QED) is 0.874. The molecule has 1 atom stereocenters. The lowest BCUT2D eigenvalue weighted by Crippen LogP contribution is -2.54. The predicted molar refractivity (Wildman–Crippen MR) is 79.9 cm³/mol. The van der Waals surface area contributed by atoms with Gasteiger partial charge in [-0.05, 0) is 33.1 Å². The van der Waals surface area contributed by atoms with Crippen LogP contribution >= 0.6 is 0 Å². The molecule has 1 aliphatic heterocycles. The minimum absolute atomic E-state index is 0.140. The predicted octanol–water partition coefficient (Wildman–Crippen LogP) is 1.87. The van der Waals surface area contributed by atoms with Crippen LogP contribution in [0.4, 0.5) is 0 Å². The molecule has 1 saturated carbocycles. The van der Waals surface area contributed by atoms with Gasteiger partial charge in [0, 0.05) is 17.8 Å². The lowest BCUT2D eigenvalue weighted by molar-refractivity contribution is -0.138. The highest BCUT2D eigenvalue weighted by molar-refractivity contribution is 5.80. The Morgan fingerprint density at radius 1 is 1.38 bits per heavy atom. The van der Waals surface area contributed by atoms with E-state index in [-0.39, 0.29) is 17.6 Å². The number of aryl methyl sites for hydroxylation is 2. The first-order valence-electron chi connectivity index (χ1n) is 8.03. The van der Waals surface area contributed by atoms with Gasteiger partial charge < -0.3 is 10.0 Å². The lowest BCUT2D eigenvalue weighted by Gasteiger charge is -2.43. The van der Waals surface area contributed by atoms with Gasteiger partial charge in [-0.1, -0.05) is 19.3 Å². The maximum atomic E-state index is 12.8.